The van der Waals surface area contributed by atoms with Gasteiger partial charge >= 0.3 is 0 Å². The zero-order valence-electron chi connectivity index (χ0n) is 12.2. The molecule has 1 aromatic rings. The van der Waals surface area contributed by atoms with Gasteiger partial charge in [0.1, 0.15) is 4.90 Å². The lowest BCUT2D eigenvalue weighted by molar-refractivity contribution is 0.580. The zero-order chi connectivity index (χ0) is 14.6. The van der Waals surface area contributed by atoms with E-state index in [1.165, 1.54) is 0 Å². The van der Waals surface area contributed by atoms with Gasteiger partial charge < -0.3 is 5.32 Å². The van der Waals surface area contributed by atoms with E-state index in [1.54, 1.807) is 12.1 Å². The molecule has 1 aliphatic carbocycles. The van der Waals surface area contributed by atoms with Crippen LogP contribution in [0.2, 0.25) is 0 Å². The summed E-state index contributed by atoms with van der Waals surface area (Å²) >= 11 is 0. The van der Waals surface area contributed by atoms with E-state index in [-0.39, 0.29) is 12.1 Å². The Hall–Kier alpha value is -1.07. The minimum Gasteiger partial charge on any atom is -0.381 e. The molecule has 20 heavy (non-hydrogen) atoms. The Morgan fingerprint density at radius 3 is 2.65 bits per heavy atom. The summed E-state index contributed by atoms with van der Waals surface area (Å²) in [7, 11) is -3.41. The van der Waals surface area contributed by atoms with E-state index < -0.39 is 10.0 Å². The molecule has 0 aromatic heterocycles. The first kappa shape index (κ1) is 15.3. The van der Waals surface area contributed by atoms with Crippen molar-refractivity contribution in [3.05, 3.63) is 24.3 Å². The highest BCUT2D eigenvalue weighted by molar-refractivity contribution is 7.89. The van der Waals surface area contributed by atoms with Gasteiger partial charge in [-0.15, -0.1) is 0 Å². The third-order valence-electron chi connectivity index (χ3n) is 3.47. The van der Waals surface area contributed by atoms with Gasteiger partial charge in [0, 0.05) is 12.1 Å². The zero-order valence-corrected chi connectivity index (χ0v) is 13.0. The number of sulfonamides is 1. The van der Waals surface area contributed by atoms with E-state index in [0.29, 0.717) is 10.6 Å². The molecule has 1 saturated carbocycles. The van der Waals surface area contributed by atoms with Gasteiger partial charge in [0.05, 0.1) is 5.69 Å². The maximum Gasteiger partial charge on any atom is 0.242 e. The molecule has 1 aromatic carbocycles. The van der Waals surface area contributed by atoms with Crippen LogP contribution in [-0.2, 0) is 10.0 Å². The van der Waals surface area contributed by atoms with Gasteiger partial charge in [0.25, 0.3) is 0 Å². The third kappa shape index (κ3) is 4.21. The quantitative estimate of drug-likeness (QED) is 0.775. The lowest BCUT2D eigenvalue weighted by atomic mass is 10.1. The fourth-order valence-electron chi connectivity index (χ4n) is 2.15. The van der Waals surface area contributed by atoms with Crippen molar-refractivity contribution in [3.63, 3.8) is 0 Å². The summed E-state index contributed by atoms with van der Waals surface area (Å²) < 4.78 is 27.4. The Bertz CT molecular complexity index is 539. The van der Waals surface area contributed by atoms with Gasteiger partial charge in [-0.3, -0.25) is 0 Å². The van der Waals surface area contributed by atoms with E-state index in [2.05, 4.69) is 23.9 Å². The number of para-hydroxylation sites is 1. The molecule has 0 heterocycles. The van der Waals surface area contributed by atoms with E-state index >= 15 is 0 Å². The van der Waals surface area contributed by atoms with E-state index in [4.69, 9.17) is 0 Å². The summed E-state index contributed by atoms with van der Waals surface area (Å²) in [6.45, 7) is 4.25. The molecule has 0 aliphatic heterocycles. The van der Waals surface area contributed by atoms with Crippen LogP contribution in [0.5, 0.6) is 0 Å². The van der Waals surface area contributed by atoms with Crippen molar-refractivity contribution in [2.75, 3.05) is 5.32 Å². The molecule has 0 radical (unpaired) electrons. The van der Waals surface area contributed by atoms with Crippen molar-refractivity contribution in [2.45, 2.75) is 62.9 Å². The fraction of sp³-hybridized carbons (Fsp3) is 0.600. The standard InChI is InChI=1S/C15H24N2O2S/c1-3-4-7-12(2)16-14-8-5-6-9-15(14)20(18,19)17-13-10-11-13/h5-6,8-9,12-13,16-17H,3-4,7,10-11H2,1-2H3. The molecule has 1 fully saturated rings. The number of unbranched alkanes of at least 4 members (excludes halogenated alkanes) is 1. The van der Waals surface area contributed by atoms with Crippen LogP contribution in [0.25, 0.3) is 0 Å². The topological polar surface area (TPSA) is 58.2 Å². The van der Waals surface area contributed by atoms with Crippen LogP contribution in [0, 0.1) is 0 Å². The van der Waals surface area contributed by atoms with Crippen molar-refractivity contribution in [1.82, 2.24) is 4.72 Å². The van der Waals surface area contributed by atoms with E-state index in [0.717, 1.165) is 32.1 Å². The van der Waals surface area contributed by atoms with Gasteiger partial charge in [-0.1, -0.05) is 31.9 Å². The van der Waals surface area contributed by atoms with Crippen LogP contribution in [0.4, 0.5) is 5.69 Å². The molecule has 1 unspecified atom stereocenters. The number of benzene rings is 1. The molecule has 1 atom stereocenters. The highest BCUT2D eigenvalue weighted by Gasteiger charge is 2.29. The number of rotatable bonds is 8. The molecule has 4 nitrogen and oxygen atoms in total. The summed E-state index contributed by atoms with van der Waals surface area (Å²) in [6, 6.07) is 7.54. The summed E-state index contributed by atoms with van der Waals surface area (Å²) in [5.41, 5.74) is 0.698. The second-order valence-electron chi connectivity index (χ2n) is 5.58. The van der Waals surface area contributed by atoms with Gasteiger partial charge in [0.2, 0.25) is 10.0 Å². The summed E-state index contributed by atoms with van der Waals surface area (Å²) in [6.07, 6.45) is 5.23. The normalized spacial score (nSPS) is 16.9. The van der Waals surface area contributed by atoms with Crippen molar-refractivity contribution < 1.29 is 8.42 Å². The van der Waals surface area contributed by atoms with Crippen LogP contribution in [0.1, 0.15) is 46.0 Å². The second-order valence-corrected chi connectivity index (χ2v) is 7.26. The molecule has 0 bridgehead atoms. The second kappa shape index (κ2) is 6.59. The molecule has 0 spiro atoms. The maximum atomic E-state index is 12.3. The van der Waals surface area contributed by atoms with Gasteiger partial charge in [-0.25, -0.2) is 13.1 Å². The van der Waals surface area contributed by atoms with Crippen molar-refractivity contribution in [3.8, 4) is 0 Å². The highest BCUT2D eigenvalue weighted by atomic mass is 32.2. The Balaban J connectivity index is 2.12. The molecule has 2 rings (SSSR count). The van der Waals surface area contributed by atoms with Crippen LogP contribution < -0.4 is 10.0 Å². The predicted molar refractivity (Wildman–Crippen MR) is 82.4 cm³/mol. The number of hydrogen-bond donors (Lipinski definition) is 2. The lowest BCUT2D eigenvalue weighted by Gasteiger charge is -2.18. The molecule has 1 aliphatic rings. The first-order valence-electron chi connectivity index (χ1n) is 7.41. The van der Waals surface area contributed by atoms with Gasteiger partial charge in [-0.05, 0) is 38.3 Å². The molecule has 5 heteroatoms. The summed E-state index contributed by atoms with van der Waals surface area (Å²) in [5, 5.41) is 3.33. The van der Waals surface area contributed by atoms with Crippen LogP contribution in [0.3, 0.4) is 0 Å². The average Bonchev–Trinajstić information content (AvgIpc) is 3.20. The summed E-state index contributed by atoms with van der Waals surface area (Å²) in [4.78, 5) is 0.357. The number of anilines is 1. The summed E-state index contributed by atoms with van der Waals surface area (Å²) in [5.74, 6) is 0. The minimum atomic E-state index is -3.41. The van der Waals surface area contributed by atoms with E-state index in [9.17, 15) is 8.42 Å². The van der Waals surface area contributed by atoms with Crippen LogP contribution in [0.15, 0.2) is 29.2 Å². The Morgan fingerprint density at radius 1 is 1.30 bits per heavy atom. The molecule has 112 valence electrons. The number of nitrogens with one attached hydrogen (secondary N) is 2. The van der Waals surface area contributed by atoms with Gasteiger partial charge in [-0.2, -0.15) is 0 Å². The average molecular weight is 296 g/mol. The SMILES string of the molecule is CCCCC(C)Nc1ccccc1S(=O)(=O)NC1CC1. The minimum absolute atomic E-state index is 0.130. The molecule has 2 N–H and O–H groups in total. The van der Waals surface area contributed by atoms with Crippen LogP contribution >= 0.6 is 0 Å². The molecular formula is C15H24N2O2S. The predicted octanol–water partition coefficient (Wildman–Crippen LogP) is 3.12. The molecule has 0 saturated heterocycles. The monoisotopic (exact) mass is 296 g/mol. The lowest BCUT2D eigenvalue weighted by Crippen LogP contribution is -2.27. The smallest absolute Gasteiger partial charge is 0.242 e. The maximum absolute atomic E-state index is 12.3. The first-order chi connectivity index (χ1) is 9.53. The van der Waals surface area contributed by atoms with Crippen LogP contribution in [-0.4, -0.2) is 20.5 Å². The highest BCUT2D eigenvalue weighted by Crippen LogP contribution is 2.26. The fourth-order valence-corrected chi connectivity index (χ4v) is 3.63. The Kier molecular flexibility index (Phi) is 5.05. The van der Waals surface area contributed by atoms with Gasteiger partial charge in [0.15, 0.2) is 0 Å². The van der Waals surface area contributed by atoms with Crippen molar-refractivity contribution in [2.24, 2.45) is 0 Å². The molecular weight excluding hydrogens is 272 g/mol. The van der Waals surface area contributed by atoms with Crippen molar-refractivity contribution in [1.29, 1.82) is 0 Å². The third-order valence-corrected chi connectivity index (χ3v) is 5.05. The molecule has 0 amide bonds. The first-order valence-corrected chi connectivity index (χ1v) is 8.89. The van der Waals surface area contributed by atoms with Crippen molar-refractivity contribution >= 4 is 15.7 Å². The largest absolute Gasteiger partial charge is 0.381 e. The Labute approximate surface area is 122 Å². The number of hydrogen-bond acceptors (Lipinski definition) is 3. The van der Waals surface area contributed by atoms with E-state index in [1.807, 2.05) is 12.1 Å². The Morgan fingerprint density at radius 2 is 2.00 bits per heavy atom.